The minimum Gasteiger partial charge on any atom is -0.387 e. The lowest BCUT2D eigenvalue weighted by molar-refractivity contribution is 0.443. The summed E-state index contributed by atoms with van der Waals surface area (Å²) in [5.41, 5.74) is 13.1. The fourth-order valence-electron chi connectivity index (χ4n) is 2.43. The van der Waals surface area contributed by atoms with Crippen LogP contribution >= 0.6 is 0 Å². The molecule has 0 amide bonds. The third kappa shape index (κ3) is 3.07. The Labute approximate surface area is 103 Å². The summed E-state index contributed by atoms with van der Waals surface area (Å²) in [5, 5.41) is 0. The Morgan fingerprint density at radius 1 is 1.35 bits per heavy atom. The van der Waals surface area contributed by atoms with E-state index in [1.54, 1.807) is 0 Å². The molecule has 1 heterocycles. The number of benzene rings is 1. The van der Waals surface area contributed by atoms with Crippen molar-refractivity contribution in [1.29, 1.82) is 0 Å². The molecular weight excluding hydrogens is 210 g/mol. The van der Waals surface area contributed by atoms with Gasteiger partial charge in [0.05, 0.1) is 11.9 Å². The predicted octanol–water partition coefficient (Wildman–Crippen LogP) is 2.23. The standard InChI is InChI=1S/C14H21N3/c1-10-9-14(16)17-13(10)8-7-12(15)11-5-3-2-4-6-11/h2-6,10,12-13H,7-9,15H2,1H3,(H2,16,17)/t10-,12?,13+/m1/s1. The third-order valence-electron chi connectivity index (χ3n) is 3.52. The summed E-state index contributed by atoms with van der Waals surface area (Å²) >= 11 is 0. The van der Waals surface area contributed by atoms with Gasteiger partial charge in [0.25, 0.3) is 0 Å². The van der Waals surface area contributed by atoms with Gasteiger partial charge < -0.3 is 11.5 Å². The first-order chi connectivity index (χ1) is 8.16. The van der Waals surface area contributed by atoms with Gasteiger partial charge in [-0.3, -0.25) is 4.99 Å². The summed E-state index contributed by atoms with van der Waals surface area (Å²) in [7, 11) is 0. The molecule has 0 saturated heterocycles. The average Bonchev–Trinajstić information content (AvgIpc) is 2.66. The molecule has 3 nitrogen and oxygen atoms in total. The van der Waals surface area contributed by atoms with Gasteiger partial charge >= 0.3 is 0 Å². The van der Waals surface area contributed by atoms with E-state index < -0.39 is 0 Å². The zero-order valence-corrected chi connectivity index (χ0v) is 10.3. The summed E-state index contributed by atoms with van der Waals surface area (Å²) in [6, 6.07) is 10.7. The normalized spacial score (nSPS) is 25.6. The molecule has 1 unspecified atom stereocenters. The second-order valence-electron chi connectivity index (χ2n) is 4.96. The fraction of sp³-hybridized carbons (Fsp3) is 0.500. The molecule has 3 heteroatoms. The van der Waals surface area contributed by atoms with Crippen LogP contribution in [0, 0.1) is 5.92 Å². The molecule has 92 valence electrons. The maximum absolute atomic E-state index is 6.17. The first-order valence-electron chi connectivity index (χ1n) is 6.29. The molecule has 0 saturated carbocycles. The highest BCUT2D eigenvalue weighted by molar-refractivity contribution is 5.82. The number of nitrogens with two attached hydrogens (primary N) is 2. The monoisotopic (exact) mass is 231 g/mol. The van der Waals surface area contributed by atoms with E-state index in [-0.39, 0.29) is 6.04 Å². The quantitative estimate of drug-likeness (QED) is 0.834. The second-order valence-corrected chi connectivity index (χ2v) is 4.96. The molecule has 0 radical (unpaired) electrons. The lowest BCUT2D eigenvalue weighted by Gasteiger charge is -2.16. The van der Waals surface area contributed by atoms with Crippen LogP contribution in [0.2, 0.25) is 0 Å². The van der Waals surface area contributed by atoms with E-state index in [4.69, 9.17) is 11.5 Å². The van der Waals surface area contributed by atoms with Crippen LogP contribution in [0.1, 0.15) is 37.8 Å². The smallest absolute Gasteiger partial charge is 0.0944 e. The van der Waals surface area contributed by atoms with Gasteiger partial charge in [-0.15, -0.1) is 0 Å². The van der Waals surface area contributed by atoms with Gasteiger partial charge in [-0.05, 0) is 24.3 Å². The second kappa shape index (κ2) is 5.32. The van der Waals surface area contributed by atoms with Gasteiger partial charge in [-0.25, -0.2) is 0 Å². The van der Waals surface area contributed by atoms with Crippen molar-refractivity contribution in [1.82, 2.24) is 0 Å². The fourth-order valence-corrected chi connectivity index (χ4v) is 2.43. The topological polar surface area (TPSA) is 64.4 Å². The predicted molar refractivity (Wildman–Crippen MR) is 71.8 cm³/mol. The molecule has 4 N–H and O–H groups in total. The van der Waals surface area contributed by atoms with Crippen molar-refractivity contribution in [2.45, 2.75) is 38.3 Å². The Balaban J connectivity index is 1.87. The van der Waals surface area contributed by atoms with E-state index in [1.807, 2.05) is 18.2 Å². The van der Waals surface area contributed by atoms with Crippen LogP contribution in [0.3, 0.4) is 0 Å². The van der Waals surface area contributed by atoms with E-state index in [0.717, 1.165) is 25.1 Å². The van der Waals surface area contributed by atoms with Crippen molar-refractivity contribution in [2.75, 3.05) is 0 Å². The lowest BCUT2D eigenvalue weighted by atomic mass is 9.94. The van der Waals surface area contributed by atoms with Crippen LogP contribution in [0.25, 0.3) is 0 Å². The van der Waals surface area contributed by atoms with Crippen molar-refractivity contribution >= 4 is 5.84 Å². The number of hydrogen-bond acceptors (Lipinski definition) is 3. The zero-order valence-electron chi connectivity index (χ0n) is 10.3. The summed E-state index contributed by atoms with van der Waals surface area (Å²) in [5.74, 6) is 1.37. The van der Waals surface area contributed by atoms with Gasteiger partial charge in [0.15, 0.2) is 0 Å². The van der Waals surface area contributed by atoms with Crippen molar-refractivity contribution in [3.05, 3.63) is 35.9 Å². The first kappa shape index (κ1) is 12.1. The Morgan fingerprint density at radius 2 is 2.06 bits per heavy atom. The van der Waals surface area contributed by atoms with E-state index >= 15 is 0 Å². The molecular formula is C14H21N3. The molecule has 1 aromatic carbocycles. The number of amidine groups is 1. The van der Waals surface area contributed by atoms with Crippen LogP contribution in [-0.4, -0.2) is 11.9 Å². The molecule has 0 fully saturated rings. The van der Waals surface area contributed by atoms with E-state index in [2.05, 4.69) is 24.0 Å². The van der Waals surface area contributed by atoms with Crippen molar-refractivity contribution in [3.63, 3.8) is 0 Å². The summed E-state index contributed by atoms with van der Waals surface area (Å²) in [6.45, 7) is 2.21. The molecule has 1 aliphatic rings. The summed E-state index contributed by atoms with van der Waals surface area (Å²) in [4.78, 5) is 4.47. The molecule has 0 bridgehead atoms. The number of rotatable bonds is 4. The number of nitrogens with zero attached hydrogens (tertiary/aromatic N) is 1. The molecule has 0 aliphatic carbocycles. The van der Waals surface area contributed by atoms with Gasteiger partial charge in [0.2, 0.25) is 0 Å². The van der Waals surface area contributed by atoms with Crippen molar-refractivity contribution < 1.29 is 0 Å². The maximum atomic E-state index is 6.17. The molecule has 1 aromatic rings. The molecule has 1 aliphatic heterocycles. The van der Waals surface area contributed by atoms with Crippen LogP contribution < -0.4 is 11.5 Å². The average molecular weight is 231 g/mol. The molecule has 0 spiro atoms. The minimum atomic E-state index is 0.112. The Kier molecular flexibility index (Phi) is 3.79. The summed E-state index contributed by atoms with van der Waals surface area (Å²) in [6.07, 6.45) is 2.93. The van der Waals surface area contributed by atoms with Crippen molar-refractivity contribution in [2.24, 2.45) is 22.4 Å². The third-order valence-corrected chi connectivity index (χ3v) is 3.52. The van der Waals surface area contributed by atoms with Gasteiger partial charge in [-0.1, -0.05) is 37.3 Å². The zero-order chi connectivity index (χ0) is 12.3. The van der Waals surface area contributed by atoms with Gasteiger partial charge in [0.1, 0.15) is 0 Å². The van der Waals surface area contributed by atoms with Crippen LogP contribution in [-0.2, 0) is 0 Å². The van der Waals surface area contributed by atoms with E-state index in [0.29, 0.717) is 12.0 Å². The van der Waals surface area contributed by atoms with Gasteiger partial charge in [-0.2, -0.15) is 0 Å². The highest BCUT2D eigenvalue weighted by Crippen LogP contribution is 2.26. The highest BCUT2D eigenvalue weighted by Gasteiger charge is 2.24. The largest absolute Gasteiger partial charge is 0.387 e. The van der Waals surface area contributed by atoms with Gasteiger partial charge in [0, 0.05) is 12.5 Å². The van der Waals surface area contributed by atoms with Crippen LogP contribution in [0.5, 0.6) is 0 Å². The SMILES string of the molecule is C[C@@H]1CC(N)=N[C@H]1CCC(N)c1ccccc1. The maximum Gasteiger partial charge on any atom is 0.0944 e. The minimum absolute atomic E-state index is 0.112. The summed E-state index contributed by atoms with van der Waals surface area (Å²) < 4.78 is 0. The van der Waals surface area contributed by atoms with Crippen molar-refractivity contribution in [3.8, 4) is 0 Å². The Morgan fingerprint density at radius 3 is 2.65 bits per heavy atom. The number of aliphatic imine (C=N–C) groups is 1. The van der Waals surface area contributed by atoms with E-state index in [1.165, 1.54) is 5.56 Å². The van der Waals surface area contributed by atoms with E-state index in [9.17, 15) is 0 Å². The van der Waals surface area contributed by atoms with Crippen LogP contribution in [0.15, 0.2) is 35.3 Å². The Bertz CT molecular complexity index is 386. The number of hydrogen-bond donors (Lipinski definition) is 2. The molecule has 3 atom stereocenters. The lowest BCUT2D eigenvalue weighted by Crippen LogP contribution is -2.16. The Hall–Kier alpha value is -1.35. The van der Waals surface area contributed by atoms with Crippen LogP contribution in [0.4, 0.5) is 0 Å². The molecule has 2 rings (SSSR count). The highest BCUT2D eigenvalue weighted by atomic mass is 14.9. The first-order valence-corrected chi connectivity index (χ1v) is 6.29. The molecule has 17 heavy (non-hydrogen) atoms. The molecule has 0 aromatic heterocycles.